The van der Waals surface area contributed by atoms with Gasteiger partial charge in [0.1, 0.15) is 0 Å². The molecule has 1 aromatic heterocycles. The highest BCUT2D eigenvalue weighted by molar-refractivity contribution is 6.28. The van der Waals surface area contributed by atoms with Crippen molar-refractivity contribution in [3.63, 3.8) is 0 Å². The summed E-state index contributed by atoms with van der Waals surface area (Å²) in [6.07, 6.45) is 3.45. The van der Waals surface area contributed by atoms with Gasteiger partial charge in [-0.1, -0.05) is 19.8 Å². The molecule has 6 heteroatoms. The minimum Gasteiger partial charge on any atom is -0.368 e. The van der Waals surface area contributed by atoms with Crippen LogP contribution in [0.3, 0.4) is 0 Å². The quantitative estimate of drug-likeness (QED) is 0.732. The van der Waals surface area contributed by atoms with Crippen molar-refractivity contribution >= 4 is 23.5 Å². The summed E-state index contributed by atoms with van der Waals surface area (Å²) in [6, 6.07) is 0. The Balaban J connectivity index is 2.42. The van der Waals surface area contributed by atoms with Gasteiger partial charge < -0.3 is 11.1 Å². The molecule has 0 spiro atoms. The van der Waals surface area contributed by atoms with Gasteiger partial charge >= 0.3 is 0 Å². The van der Waals surface area contributed by atoms with E-state index in [0.29, 0.717) is 5.95 Å². The van der Waals surface area contributed by atoms with Crippen LogP contribution in [0.4, 0.5) is 11.9 Å². The Morgan fingerprint density at radius 2 is 2.07 bits per heavy atom. The van der Waals surface area contributed by atoms with Crippen LogP contribution in [-0.2, 0) is 0 Å². The van der Waals surface area contributed by atoms with Gasteiger partial charge in [-0.05, 0) is 18.0 Å². The van der Waals surface area contributed by atoms with Crippen molar-refractivity contribution in [1.29, 1.82) is 0 Å². The molecule has 3 N–H and O–H groups in total. The largest absolute Gasteiger partial charge is 0.368 e. The molecule has 0 unspecified atom stereocenters. The zero-order chi connectivity index (χ0) is 10.4. The van der Waals surface area contributed by atoms with Crippen LogP contribution in [0.5, 0.6) is 0 Å². The molecule has 1 rings (SSSR count). The van der Waals surface area contributed by atoms with Crippen LogP contribution >= 0.6 is 11.6 Å². The van der Waals surface area contributed by atoms with E-state index in [4.69, 9.17) is 17.3 Å². The van der Waals surface area contributed by atoms with Gasteiger partial charge in [0.15, 0.2) is 0 Å². The van der Waals surface area contributed by atoms with Crippen molar-refractivity contribution in [1.82, 2.24) is 15.0 Å². The standard InChI is InChI=1S/C8H14ClN5/c1-2-3-4-5-11-8-13-6(9)12-7(10)14-8/h2-5H2,1H3,(H3,10,11,12,13,14). The summed E-state index contributed by atoms with van der Waals surface area (Å²) in [6.45, 7) is 2.98. The fraction of sp³-hybridized carbons (Fsp3) is 0.625. The summed E-state index contributed by atoms with van der Waals surface area (Å²) in [4.78, 5) is 11.4. The molecule has 0 aliphatic rings. The molecule has 0 atom stereocenters. The summed E-state index contributed by atoms with van der Waals surface area (Å²) < 4.78 is 0. The SMILES string of the molecule is CCCCCNc1nc(N)nc(Cl)n1. The molecule has 1 aromatic rings. The second-order valence-corrected chi connectivity index (χ2v) is 3.26. The highest BCUT2D eigenvalue weighted by atomic mass is 35.5. The monoisotopic (exact) mass is 215 g/mol. The van der Waals surface area contributed by atoms with Crippen molar-refractivity contribution in [2.75, 3.05) is 17.6 Å². The van der Waals surface area contributed by atoms with Crippen LogP contribution in [-0.4, -0.2) is 21.5 Å². The van der Waals surface area contributed by atoms with Crippen LogP contribution in [0.25, 0.3) is 0 Å². The van der Waals surface area contributed by atoms with E-state index in [1.54, 1.807) is 0 Å². The van der Waals surface area contributed by atoms with Crippen molar-refractivity contribution in [3.05, 3.63) is 5.28 Å². The molecule has 0 saturated heterocycles. The molecule has 78 valence electrons. The molecule has 0 bridgehead atoms. The van der Waals surface area contributed by atoms with Crippen molar-refractivity contribution < 1.29 is 0 Å². The Kier molecular flexibility index (Phi) is 4.39. The first-order chi connectivity index (χ1) is 6.72. The Morgan fingerprint density at radius 1 is 1.29 bits per heavy atom. The van der Waals surface area contributed by atoms with Crippen molar-refractivity contribution in [2.45, 2.75) is 26.2 Å². The molecule has 14 heavy (non-hydrogen) atoms. The van der Waals surface area contributed by atoms with Gasteiger partial charge in [-0.3, -0.25) is 0 Å². The first-order valence-electron chi connectivity index (χ1n) is 4.63. The van der Waals surface area contributed by atoms with E-state index in [-0.39, 0.29) is 11.2 Å². The van der Waals surface area contributed by atoms with E-state index < -0.39 is 0 Å². The normalized spacial score (nSPS) is 10.1. The third-order valence-electron chi connectivity index (χ3n) is 1.69. The molecule has 0 fully saturated rings. The van der Waals surface area contributed by atoms with E-state index in [9.17, 15) is 0 Å². The predicted octanol–water partition coefficient (Wildman–Crippen LogP) is 1.71. The van der Waals surface area contributed by atoms with Crippen LogP contribution in [0.2, 0.25) is 5.28 Å². The third-order valence-corrected chi connectivity index (χ3v) is 1.86. The average molecular weight is 216 g/mol. The van der Waals surface area contributed by atoms with Crippen molar-refractivity contribution in [3.8, 4) is 0 Å². The first kappa shape index (κ1) is 11.0. The second kappa shape index (κ2) is 5.59. The molecule has 0 amide bonds. The minimum absolute atomic E-state index is 0.121. The Bertz CT molecular complexity index is 271. The maximum absolute atomic E-state index is 5.61. The van der Waals surface area contributed by atoms with Gasteiger partial charge in [-0.15, -0.1) is 0 Å². The lowest BCUT2D eigenvalue weighted by atomic mass is 10.2. The lowest BCUT2D eigenvalue weighted by Gasteiger charge is -2.03. The Morgan fingerprint density at radius 3 is 2.71 bits per heavy atom. The molecular formula is C8H14ClN5. The number of hydrogen-bond donors (Lipinski definition) is 2. The Labute approximate surface area is 88.1 Å². The zero-order valence-electron chi connectivity index (χ0n) is 8.13. The second-order valence-electron chi connectivity index (χ2n) is 2.92. The van der Waals surface area contributed by atoms with E-state index >= 15 is 0 Å². The number of nitrogen functional groups attached to an aromatic ring is 1. The lowest BCUT2D eigenvalue weighted by molar-refractivity contribution is 0.740. The summed E-state index contributed by atoms with van der Waals surface area (Å²) in [5.74, 6) is 0.585. The highest BCUT2D eigenvalue weighted by Gasteiger charge is 2.00. The average Bonchev–Trinajstić information content (AvgIpc) is 2.11. The number of nitrogens with one attached hydrogen (secondary N) is 1. The number of nitrogens with two attached hydrogens (primary N) is 1. The van der Waals surface area contributed by atoms with E-state index in [0.717, 1.165) is 13.0 Å². The smallest absolute Gasteiger partial charge is 0.228 e. The van der Waals surface area contributed by atoms with Gasteiger partial charge in [0, 0.05) is 6.54 Å². The fourth-order valence-corrected chi connectivity index (χ4v) is 1.19. The van der Waals surface area contributed by atoms with E-state index in [2.05, 4.69) is 27.2 Å². The number of rotatable bonds is 5. The number of halogens is 1. The summed E-state index contributed by atoms with van der Waals surface area (Å²) in [5.41, 5.74) is 5.40. The number of anilines is 2. The molecule has 0 aromatic carbocycles. The lowest BCUT2D eigenvalue weighted by Crippen LogP contribution is -2.08. The fourth-order valence-electron chi connectivity index (χ4n) is 1.02. The van der Waals surface area contributed by atoms with Gasteiger partial charge in [-0.2, -0.15) is 15.0 Å². The number of hydrogen-bond acceptors (Lipinski definition) is 5. The van der Waals surface area contributed by atoms with E-state index in [1.807, 2.05) is 0 Å². The number of aromatic nitrogens is 3. The maximum atomic E-state index is 5.61. The molecule has 0 radical (unpaired) electrons. The summed E-state index contributed by atoms with van der Waals surface area (Å²) >= 11 is 5.61. The first-order valence-corrected chi connectivity index (χ1v) is 5.01. The van der Waals surface area contributed by atoms with Crippen molar-refractivity contribution in [2.24, 2.45) is 0 Å². The molecule has 1 heterocycles. The van der Waals surface area contributed by atoms with Gasteiger partial charge in [-0.25, -0.2) is 0 Å². The molecular weight excluding hydrogens is 202 g/mol. The van der Waals surface area contributed by atoms with Gasteiger partial charge in [0.05, 0.1) is 0 Å². The number of unbranched alkanes of at least 4 members (excludes halogenated alkanes) is 2. The van der Waals surface area contributed by atoms with E-state index in [1.165, 1.54) is 12.8 Å². The van der Waals surface area contributed by atoms with Crippen LogP contribution < -0.4 is 11.1 Å². The Hall–Kier alpha value is -1.10. The maximum Gasteiger partial charge on any atom is 0.228 e. The predicted molar refractivity (Wildman–Crippen MR) is 57.3 cm³/mol. The molecule has 0 aliphatic heterocycles. The zero-order valence-corrected chi connectivity index (χ0v) is 8.88. The van der Waals surface area contributed by atoms with Crippen LogP contribution in [0.15, 0.2) is 0 Å². The van der Waals surface area contributed by atoms with Crippen LogP contribution in [0, 0.1) is 0 Å². The molecule has 5 nitrogen and oxygen atoms in total. The summed E-state index contributed by atoms with van der Waals surface area (Å²) in [7, 11) is 0. The minimum atomic E-state index is 0.121. The number of nitrogens with zero attached hydrogens (tertiary/aromatic N) is 3. The van der Waals surface area contributed by atoms with Crippen LogP contribution in [0.1, 0.15) is 26.2 Å². The van der Waals surface area contributed by atoms with Gasteiger partial charge in [0.25, 0.3) is 0 Å². The summed E-state index contributed by atoms with van der Waals surface area (Å²) in [5, 5.41) is 3.16. The highest BCUT2D eigenvalue weighted by Crippen LogP contribution is 2.06. The molecule has 0 saturated carbocycles. The third kappa shape index (κ3) is 3.74. The topological polar surface area (TPSA) is 76.7 Å². The van der Waals surface area contributed by atoms with Gasteiger partial charge in [0.2, 0.25) is 17.2 Å². The molecule has 0 aliphatic carbocycles.